The maximum atomic E-state index is 13.0. The SMILES string of the molecule is CCOC(=O)c1ccc(NC(=O)c2ccc(NC3=C(Cl)C(=O)N(c4cc(Cl)ccc4Cl)C3=O)cc2)cc1. The maximum absolute atomic E-state index is 13.0. The van der Waals surface area contributed by atoms with Gasteiger partial charge in [-0.25, -0.2) is 9.69 Å². The summed E-state index contributed by atoms with van der Waals surface area (Å²) in [5.74, 6) is -2.28. The third-order valence-electron chi connectivity index (χ3n) is 5.25. The number of imide groups is 1. The minimum Gasteiger partial charge on any atom is -0.462 e. The van der Waals surface area contributed by atoms with E-state index in [2.05, 4.69) is 10.6 Å². The van der Waals surface area contributed by atoms with Gasteiger partial charge in [0.25, 0.3) is 17.7 Å². The first-order valence-electron chi connectivity index (χ1n) is 10.9. The third kappa shape index (κ3) is 5.61. The van der Waals surface area contributed by atoms with E-state index in [1.165, 1.54) is 30.3 Å². The van der Waals surface area contributed by atoms with Crippen LogP contribution in [0.1, 0.15) is 27.6 Å². The normalized spacial score (nSPS) is 13.1. The first-order valence-corrected chi connectivity index (χ1v) is 12.0. The molecule has 3 amide bonds. The van der Waals surface area contributed by atoms with Gasteiger partial charge >= 0.3 is 5.97 Å². The van der Waals surface area contributed by atoms with Gasteiger partial charge in [-0.15, -0.1) is 0 Å². The predicted molar refractivity (Wildman–Crippen MR) is 142 cm³/mol. The van der Waals surface area contributed by atoms with E-state index in [-0.39, 0.29) is 34.0 Å². The van der Waals surface area contributed by atoms with Crippen molar-refractivity contribution < 1.29 is 23.9 Å². The highest BCUT2D eigenvalue weighted by Crippen LogP contribution is 2.35. The van der Waals surface area contributed by atoms with Crippen molar-refractivity contribution in [1.82, 2.24) is 0 Å². The lowest BCUT2D eigenvalue weighted by Gasteiger charge is -2.17. The lowest BCUT2D eigenvalue weighted by atomic mass is 10.1. The van der Waals surface area contributed by atoms with Crippen LogP contribution in [0.5, 0.6) is 0 Å². The van der Waals surface area contributed by atoms with Crippen LogP contribution in [0.3, 0.4) is 0 Å². The average Bonchev–Trinajstić information content (AvgIpc) is 3.09. The second kappa shape index (κ2) is 11.0. The number of halogens is 3. The molecule has 11 heteroatoms. The lowest BCUT2D eigenvalue weighted by Crippen LogP contribution is -2.32. The van der Waals surface area contributed by atoms with E-state index in [4.69, 9.17) is 39.5 Å². The standard InChI is InChI=1S/C26H18Cl3N3O5/c1-2-37-26(36)15-5-10-18(11-6-15)31-23(33)14-3-8-17(9-4-14)30-22-21(29)24(34)32(25(22)35)20-13-16(27)7-12-19(20)28/h3-13,30H,2H2,1H3,(H,31,33). The Kier molecular flexibility index (Phi) is 7.83. The molecular weight excluding hydrogens is 541 g/mol. The molecule has 1 aliphatic heterocycles. The summed E-state index contributed by atoms with van der Waals surface area (Å²) < 4.78 is 4.94. The fourth-order valence-electron chi connectivity index (χ4n) is 3.44. The number of benzene rings is 3. The van der Waals surface area contributed by atoms with E-state index >= 15 is 0 Å². The van der Waals surface area contributed by atoms with Gasteiger partial charge in [0.05, 0.1) is 22.9 Å². The van der Waals surface area contributed by atoms with Gasteiger partial charge < -0.3 is 15.4 Å². The summed E-state index contributed by atoms with van der Waals surface area (Å²) in [7, 11) is 0. The number of nitrogens with one attached hydrogen (secondary N) is 2. The Morgan fingerprint density at radius 3 is 2.11 bits per heavy atom. The fraction of sp³-hybridized carbons (Fsp3) is 0.0769. The van der Waals surface area contributed by atoms with Crippen molar-refractivity contribution >= 4 is 75.6 Å². The number of ether oxygens (including phenoxy) is 1. The smallest absolute Gasteiger partial charge is 0.338 e. The predicted octanol–water partition coefficient (Wildman–Crippen LogP) is 5.86. The molecule has 37 heavy (non-hydrogen) atoms. The Balaban J connectivity index is 1.44. The maximum Gasteiger partial charge on any atom is 0.338 e. The lowest BCUT2D eigenvalue weighted by molar-refractivity contribution is -0.120. The molecule has 0 radical (unpaired) electrons. The first kappa shape index (κ1) is 26.2. The number of esters is 1. The topological polar surface area (TPSA) is 105 Å². The monoisotopic (exact) mass is 557 g/mol. The third-order valence-corrected chi connectivity index (χ3v) is 6.15. The molecule has 1 heterocycles. The van der Waals surface area contributed by atoms with Gasteiger partial charge in [-0.3, -0.25) is 14.4 Å². The van der Waals surface area contributed by atoms with E-state index in [0.717, 1.165) is 4.90 Å². The Labute approximate surface area is 226 Å². The molecule has 3 aromatic carbocycles. The molecule has 2 N–H and O–H groups in total. The Bertz CT molecular complexity index is 1440. The van der Waals surface area contributed by atoms with Crippen LogP contribution in [0.25, 0.3) is 0 Å². The van der Waals surface area contributed by atoms with Crippen molar-refractivity contribution in [2.45, 2.75) is 6.92 Å². The molecule has 0 unspecified atom stereocenters. The summed E-state index contributed by atoms with van der Waals surface area (Å²) in [6, 6.07) is 16.9. The van der Waals surface area contributed by atoms with Crippen LogP contribution in [0, 0.1) is 0 Å². The molecule has 0 saturated carbocycles. The summed E-state index contributed by atoms with van der Waals surface area (Å²) in [6.07, 6.45) is 0. The molecule has 3 aromatic rings. The number of amides is 3. The number of hydrogen-bond donors (Lipinski definition) is 2. The average molecular weight is 559 g/mol. The van der Waals surface area contributed by atoms with Crippen molar-refractivity contribution in [2.75, 3.05) is 22.1 Å². The molecule has 0 spiro atoms. The van der Waals surface area contributed by atoms with Gasteiger partial charge in [0, 0.05) is 22.0 Å². The highest BCUT2D eigenvalue weighted by molar-refractivity contribution is 6.54. The van der Waals surface area contributed by atoms with Crippen molar-refractivity contribution in [3.05, 3.63) is 98.6 Å². The highest BCUT2D eigenvalue weighted by Gasteiger charge is 2.40. The van der Waals surface area contributed by atoms with Crippen LogP contribution < -0.4 is 15.5 Å². The van der Waals surface area contributed by atoms with Crippen LogP contribution >= 0.6 is 34.8 Å². The number of carbonyl (C=O) groups is 4. The number of hydrogen-bond acceptors (Lipinski definition) is 6. The fourth-order valence-corrected chi connectivity index (χ4v) is 4.02. The summed E-state index contributed by atoms with van der Waals surface area (Å²) >= 11 is 18.3. The van der Waals surface area contributed by atoms with E-state index in [0.29, 0.717) is 27.5 Å². The second-order valence-electron chi connectivity index (χ2n) is 7.68. The van der Waals surface area contributed by atoms with Gasteiger partial charge in [-0.1, -0.05) is 34.8 Å². The molecule has 0 bridgehead atoms. The van der Waals surface area contributed by atoms with Gasteiger partial charge in [0.1, 0.15) is 10.7 Å². The summed E-state index contributed by atoms with van der Waals surface area (Å²) in [5, 5.41) is 5.70. The minimum atomic E-state index is -0.747. The van der Waals surface area contributed by atoms with Gasteiger partial charge in [-0.2, -0.15) is 0 Å². The Morgan fingerprint density at radius 2 is 1.46 bits per heavy atom. The van der Waals surface area contributed by atoms with Crippen LogP contribution in [0.4, 0.5) is 17.1 Å². The van der Waals surface area contributed by atoms with Crippen molar-refractivity contribution in [1.29, 1.82) is 0 Å². The largest absolute Gasteiger partial charge is 0.462 e. The van der Waals surface area contributed by atoms with E-state index in [9.17, 15) is 19.2 Å². The number of anilines is 3. The van der Waals surface area contributed by atoms with Crippen molar-refractivity contribution in [2.24, 2.45) is 0 Å². The highest BCUT2D eigenvalue weighted by atomic mass is 35.5. The molecule has 0 aromatic heterocycles. The van der Waals surface area contributed by atoms with E-state index in [1.54, 1.807) is 43.3 Å². The second-order valence-corrected chi connectivity index (χ2v) is 8.91. The van der Waals surface area contributed by atoms with Crippen molar-refractivity contribution in [3.63, 3.8) is 0 Å². The van der Waals surface area contributed by atoms with Gasteiger partial charge in [0.2, 0.25) is 0 Å². The van der Waals surface area contributed by atoms with Gasteiger partial charge in [0.15, 0.2) is 0 Å². The number of carbonyl (C=O) groups excluding carboxylic acids is 4. The van der Waals surface area contributed by atoms with Crippen molar-refractivity contribution in [3.8, 4) is 0 Å². The molecule has 0 fully saturated rings. The summed E-state index contributed by atoms with van der Waals surface area (Å²) in [4.78, 5) is 50.9. The van der Waals surface area contributed by atoms with E-state index < -0.39 is 17.8 Å². The first-order chi connectivity index (χ1) is 17.7. The Hall–Kier alpha value is -3.85. The zero-order valence-corrected chi connectivity index (χ0v) is 21.4. The Morgan fingerprint density at radius 1 is 0.838 bits per heavy atom. The van der Waals surface area contributed by atoms with Crippen LogP contribution in [-0.2, 0) is 14.3 Å². The molecular formula is C26H18Cl3N3O5. The molecule has 0 atom stereocenters. The summed E-state index contributed by atoms with van der Waals surface area (Å²) in [6.45, 7) is 1.99. The molecule has 8 nitrogen and oxygen atoms in total. The minimum absolute atomic E-state index is 0.112. The number of rotatable bonds is 7. The zero-order valence-electron chi connectivity index (χ0n) is 19.2. The van der Waals surface area contributed by atoms with Crippen LogP contribution in [0.2, 0.25) is 10.0 Å². The molecule has 0 saturated heterocycles. The molecule has 1 aliphatic rings. The number of nitrogens with zero attached hydrogens (tertiary/aromatic N) is 1. The van der Waals surface area contributed by atoms with Gasteiger partial charge in [-0.05, 0) is 73.7 Å². The molecule has 0 aliphatic carbocycles. The quantitative estimate of drug-likeness (QED) is 0.278. The zero-order chi connectivity index (χ0) is 26.7. The molecule has 4 rings (SSSR count). The van der Waals surface area contributed by atoms with Crippen LogP contribution in [0.15, 0.2) is 77.5 Å². The summed E-state index contributed by atoms with van der Waals surface area (Å²) in [5.41, 5.74) is 1.60. The molecule has 188 valence electrons. The van der Waals surface area contributed by atoms with E-state index in [1.807, 2.05) is 0 Å². The van der Waals surface area contributed by atoms with Crippen LogP contribution in [-0.4, -0.2) is 30.3 Å².